The number of hydrogen-bond donors (Lipinski definition) is 2. The molecule has 0 aliphatic carbocycles. The lowest BCUT2D eigenvalue weighted by Crippen LogP contribution is -2.10. The molecule has 0 fully saturated rings. The second-order valence-electron chi connectivity index (χ2n) is 2.49. The fourth-order valence-electron chi connectivity index (χ4n) is 1.10. The summed E-state index contributed by atoms with van der Waals surface area (Å²) in [6.07, 6.45) is 1.32. The molecule has 6 nitrogen and oxygen atoms in total. The largest absolute Gasteiger partial charge is 0.475 e. The lowest BCUT2D eigenvalue weighted by atomic mass is 10.7. The van der Waals surface area contributed by atoms with E-state index in [9.17, 15) is 4.21 Å². The molecule has 1 aromatic heterocycles. The van der Waals surface area contributed by atoms with Gasteiger partial charge in [0, 0.05) is 0 Å². The van der Waals surface area contributed by atoms with Crippen LogP contribution in [-0.4, -0.2) is 20.6 Å². The van der Waals surface area contributed by atoms with E-state index >= 15 is 0 Å². The van der Waals surface area contributed by atoms with E-state index in [2.05, 4.69) is 5.10 Å². The van der Waals surface area contributed by atoms with Crippen LogP contribution >= 0.6 is 0 Å². The molecule has 0 saturated carbocycles. The van der Waals surface area contributed by atoms with Crippen LogP contribution in [0.3, 0.4) is 0 Å². The van der Waals surface area contributed by atoms with Gasteiger partial charge in [0.2, 0.25) is 5.88 Å². The van der Waals surface area contributed by atoms with Crippen LogP contribution < -0.4 is 9.88 Å². The smallest absolute Gasteiger partial charge is 0.230 e. The molecule has 2 heterocycles. The van der Waals surface area contributed by atoms with Crippen LogP contribution in [0.1, 0.15) is 0 Å². The van der Waals surface area contributed by atoms with Crippen LogP contribution in [0.15, 0.2) is 11.1 Å². The van der Waals surface area contributed by atoms with Crippen molar-refractivity contribution in [3.8, 4) is 5.88 Å². The fraction of sp³-hybridized carbons (Fsp3) is 0.400. The minimum atomic E-state index is -3.19. The number of rotatable bonds is 1. The van der Waals surface area contributed by atoms with E-state index < -0.39 is 9.92 Å². The molecule has 0 aromatic carbocycles. The topological polar surface area (TPSA) is 94.0 Å². The molecule has 1 atom stereocenters. The maximum absolute atomic E-state index is 11.1. The summed E-state index contributed by atoms with van der Waals surface area (Å²) < 4.78 is 24.9. The predicted molar refractivity (Wildman–Crippen MR) is 41.0 cm³/mol. The minimum absolute atomic E-state index is 0.181. The first-order chi connectivity index (χ1) is 5.59. The highest BCUT2D eigenvalue weighted by molar-refractivity contribution is 7.90. The number of nitrogens with one attached hydrogen (secondary N) is 1. The summed E-state index contributed by atoms with van der Waals surface area (Å²) in [7, 11) is -3.19. The summed E-state index contributed by atoms with van der Waals surface area (Å²) in [6.45, 7) is 1.14. The molecule has 0 radical (unpaired) electrons. The molecule has 12 heavy (non-hydrogen) atoms. The lowest BCUT2D eigenvalue weighted by Gasteiger charge is -1.98. The molecule has 7 heteroatoms. The first kappa shape index (κ1) is 7.56. The standard InChI is InChI=1S/C5H8N4O2S/c6-12(7,10)4-3-8-9-1-2-11-5(4)9/h3H,1-2H2,(H3,6,7,10). The monoisotopic (exact) mass is 188 g/mol. The molecular formula is C5H8N4O2S. The molecule has 0 spiro atoms. The Hall–Kier alpha value is -1.08. The average molecular weight is 188 g/mol. The maximum Gasteiger partial charge on any atom is 0.230 e. The van der Waals surface area contributed by atoms with Crippen LogP contribution in [0.4, 0.5) is 0 Å². The maximum atomic E-state index is 11.1. The van der Waals surface area contributed by atoms with Gasteiger partial charge in [0.15, 0.2) is 0 Å². The summed E-state index contributed by atoms with van der Waals surface area (Å²) in [4.78, 5) is 0.181. The molecule has 66 valence electrons. The van der Waals surface area contributed by atoms with Gasteiger partial charge in [-0.3, -0.25) is 0 Å². The molecule has 3 N–H and O–H groups in total. The molecule has 1 aliphatic heterocycles. The molecule has 1 aliphatic rings. The summed E-state index contributed by atoms with van der Waals surface area (Å²) in [6, 6.07) is 0. The summed E-state index contributed by atoms with van der Waals surface area (Å²) in [5.41, 5.74) is 0. The number of hydrogen-bond acceptors (Lipinski definition) is 4. The van der Waals surface area contributed by atoms with Crippen molar-refractivity contribution in [2.24, 2.45) is 5.14 Å². The molecule has 0 bridgehead atoms. The zero-order valence-corrected chi connectivity index (χ0v) is 7.00. The van der Waals surface area contributed by atoms with Crippen molar-refractivity contribution in [3.05, 3.63) is 6.20 Å². The van der Waals surface area contributed by atoms with Gasteiger partial charge >= 0.3 is 0 Å². The van der Waals surface area contributed by atoms with Gasteiger partial charge in [0.05, 0.1) is 12.7 Å². The van der Waals surface area contributed by atoms with Gasteiger partial charge in [-0.1, -0.05) is 0 Å². The molecule has 0 saturated heterocycles. The van der Waals surface area contributed by atoms with Crippen molar-refractivity contribution in [3.63, 3.8) is 0 Å². The van der Waals surface area contributed by atoms with Gasteiger partial charge in [0.1, 0.15) is 21.4 Å². The zero-order chi connectivity index (χ0) is 8.77. The Morgan fingerprint density at radius 1 is 1.83 bits per heavy atom. The molecular weight excluding hydrogens is 180 g/mol. The first-order valence-electron chi connectivity index (χ1n) is 3.34. The Bertz CT molecular complexity index is 407. The van der Waals surface area contributed by atoms with E-state index in [-0.39, 0.29) is 4.90 Å². The van der Waals surface area contributed by atoms with Crippen LogP contribution in [0.2, 0.25) is 0 Å². The number of nitrogens with two attached hydrogens (primary N) is 1. The number of fused-ring (bicyclic) bond motifs is 1. The van der Waals surface area contributed by atoms with Gasteiger partial charge in [-0.15, -0.1) is 0 Å². The van der Waals surface area contributed by atoms with Gasteiger partial charge in [-0.2, -0.15) is 5.10 Å². The van der Waals surface area contributed by atoms with Crippen molar-refractivity contribution >= 4 is 9.92 Å². The third-order valence-electron chi connectivity index (χ3n) is 1.63. The molecule has 1 unspecified atom stereocenters. The van der Waals surface area contributed by atoms with E-state index in [0.717, 1.165) is 0 Å². The third-order valence-corrected chi connectivity index (χ3v) is 2.56. The van der Waals surface area contributed by atoms with Gasteiger partial charge in [-0.25, -0.2) is 18.8 Å². The lowest BCUT2D eigenvalue weighted by molar-refractivity contribution is 0.349. The van der Waals surface area contributed by atoms with Gasteiger partial charge < -0.3 is 4.74 Å². The van der Waals surface area contributed by atoms with E-state index in [1.165, 1.54) is 6.20 Å². The van der Waals surface area contributed by atoms with E-state index in [1.807, 2.05) is 0 Å². The summed E-state index contributed by atoms with van der Waals surface area (Å²) >= 11 is 0. The van der Waals surface area contributed by atoms with Crippen molar-refractivity contribution in [1.29, 1.82) is 4.78 Å². The normalized spacial score (nSPS) is 19.8. The minimum Gasteiger partial charge on any atom is -0.475 e. The van der Waals surface area contributed by atoms with Crippen molar-refractivity contribution in [1.82, 2.24) is 9.78 Å². The van der Waals surface area contributed by atoms with Gasteiger partial charge in [-0.05, 0) is 0 Å². The number of nitrogens with zero attached hydrogens (tertiary/aromatic N) is 2. The van der Waals surface area contributed by atoms with E-state index in [4.69, 9.17) is 14.7 Å². The number of aromatic nitrogens is 2. The highest BCUT2D eigenvalue weighted by atomic mass is 32.2. The second-order valence-corrected chi connectivity index (χ2v) is 4.13. The predicted octanol–water partition coefficient (Wildman–Crippen LogP) is -0.445. The SMILES string of the molecule is N=S(N)(=O)c1cnn2c1OCC2. The molecule has 1 aromatic rings. The van der Waals surface area contributed by atoms with Crippen molar-refractivity contribution in [2.45, 2.75) is 11.4 Å². The van der Waals surface area contributed by atoms with Crippen molar-refractivity contribution in [2.75, 3.05) is 6.61 Å². The Morgan fingerprint density at radius 2 is 2.58 bits per heavy atom. The van der Waals surface area contributed by atoms with Crippen LogP contribution in [-0.2, 0) is 16.5 Å². The Balaban J connectivity index is 2.61. The van der Waals surface area contributed by atoms with Crippen LogP contribution in [0.5, 0.6) is 5.88 Å². The summed E-state index contributed by atoms with van der Waals surface area (Å²) in [5.74, 6) is 0.373. The van der Waals surface area contributed by atoms with Crippen molar-refractivity contribution < 1.29 is 8.95 Å². The van der Waals surface area contributed by atoms with Crippen LogP contribution in [0.25, 0.3) is 0 Å². The second kappa shape index (κ2) is 2.20. The average Bonchev–Trinajstić information content (AvgIpc) is 2.37. The first-order valence-corrected chi connectivity index (χ1v) is 4.96. The Morgan fingerprint density at radius 3 is 3.25 bits per heavy atom. The Kier molecular flexibility index (Phi) is 1.39. The Labute approximate surface area is 69.4 Å². The molecule has 0 amide bonds. The zero-order valence-electron chi connectivity index (χ0n) is 6.19. The highest BCUT2D eigenvalue weighted by Crippen LogP contribution is 2.25. The quantitative estimate of drug-likeness (QED) is 0.625. The van der Waals surface area contributed by atoms with E-state index in [1.54, 1.807) is 4.68 Å². The van der Waals surface area contributed by atoms with E-state index in [0.29, 0.717) is 19.0 Å². The third kappa shape index (κ3) is 0.978. The molecule has 2 rings (SSSR count). The number of ether oxygens (including phenoxy) is 1. The summed E-state index contributed by atoms with van der Waals surface area (Å²) in [5, 5.41) is 9.01. The van der Waals surface area contributed by atoms with Crippen LogP contribution in [0, 0.1) is 4.78 Å². The van der Waals surface area contributed by atoms with Gasteiger partial charge in [0.25, 0.3) is 0 Å². The fourth-order valence-corrected chi connectivity index (χ4v) is 1.73. The highest BCUT2D eigenvalue weighted by Gasteiger charge is 2.22.